The van der Waals surface area contributed by atoms with E-state index in [1.54, 1.807) is 6.92 Å². The molecule has 1 N–H and O–H groups in total. The third-order valence-electron chi connectivity index (χ3n) is 9.42. The van der Waals surface area contributed by atoms with Gasteiger partial charge in [0.1, 0.15) is 5.71 Å². The maximum absolute atomic E-state index is 13.9. The highest BCUT2D eigenvalue weighted by Gasteiger charge is 2.45. The summed E-state index contributed by atoms with van der Waals surface area (Å²) in [6.07, 6.45) is 14.1. The zero-order chi connectivity index (χ0) is 25.5. The molecule has 3 heterocycles. The number of hydrogen-bond donors (Lipinski definition) is 1. The van der Waals surface area contributed by atoms with Gasteiger partial charge in [0.25, 0.3) is 5.56 Å². The number of benzene rings is 1. The Labute approximate surface area is 217 Å². The van der Waals surface area contributed by atoms with Crippen molar-refractivity contribution in [2.45, 2.75) is 102 Å². The Balaban J connectivity index is 1.32. The van der Waals surface area contributed by atoms with Gasteiger partial charge in [-0.2, -0.15) is 0 Å². The Morgan fingerprint density at radius 2 is 1.65 bits per heavy atom. The molecule has 8 heteroatoms. The van der Waals surface area contributed by atoms with Crippen LogP contribution >= 0.6 is 0 Å². The zero-order valence-corrected chi connectivity index (χ0v) is 21.7. The highest BCUT2D eigenvalue weighted by Crippen LogP contribution is 2.47. The molecule has 6 rings (SSSR count). The van der Waals surface area contributed by atoms with Crippen molar-refractivity contribution in [1.82, 2.24) is 14.5 Å². The van der Waals surface area contributed by atoms with E-state index in [-0.39, 0.29) is 17.3 Å². The first-order valence-corrected chi connectivity index (χ1v) is 14.2. The highest BCUT2D eigenvalue weighted by molar-refractivity contribution is 5.97. The lowest BCUT2D eigenvalue weighted by Crippen LogP contribution is -2.58. The predicted molar refractivity (Wildman–Crippen MR) is 142 cm³/mol. The average Bonchev–Trinajstić information content (AvgIpc) is 2.87. The van der Waals surface area contributed by atoms with Gasteiger partial charge < -0.3 is 14.5 Å². The first-order chi connectivity index (χ1) is 18.0. The number of aromatic nitrogens is 2. The van der Waals surface area contributed by atoms with Crippen molar-refractivity contribution >= 4 is 22.7 Å². The lowest BCUT2D eigenvalue weighted by Gasteiger charge is -2.55. The summed E-state index contributed by atoms with van der Waals surface area (Å²) in [6.45, 7) is 1.10. The molecule has 2 aromatic rings. The second-order valence-electron chi connectivity index (χ2n) is 11.8. The van der Waals surface area contributed by atoms with E-state index in [1.807, 2.05) is 28.8 Å². The van der Waals surface area contributed by atoms with Crippen molar-refractivity contribution < 1.29 is 14.7 Å². The molecule has 2 aliphatic carbocycles. The predicted octanol–water partition coefficient (Wildman–Crippen LogP) is 4.75. The van der Waals surface area contributed by atoms with Gasteiger partial charge in [0.2, 0.25) is 6.61 Å². The molecular weight excluding hydrogens is 468 g/mol. The van der Waals surface area contributed by atoms with Crippen LogP contribution in [0.2, 0.25) is 0 Å². The molecule has 1 aromatic heterocycles. The van der Waals surface area contributed by atoms with Crippen molar-refractivity contribution in [2.75, 3.05) is 6.61 Å². The van der Waals surface area contributed by atoms with Gasteiger partial charge in [-0.05, 0) is 75.8 Å². The van der Waals surface area contributed by atoms with Crippen LogP contribution in [0, 0.1) is 11.8 Å². The molecule has 4 aliphatic rings. The molecule has 0 amide bonds. The van der Waals surface area contributed by atoms with E-state index in [4.69, 9.17) is 9.94 Å². The molecule has 1 aromatic carbocycles. The van der Waals surface area contributed by atoms with Gasteiger partial charge in [-0.3, -0.25) is 9.69 Å². The summed E-state index contributed by atoms with van der Waals surface area (Å²) in [7, 11) is 0. The summed E-state index contributed by atoms with van der Waals surface area (Å²) in [6, 6.07) is 9.69. The van der Waals surface area contributed by atoms with E-state index in [0.717, 1.165) is 35.7 Å². The van der Waals surface area contributed by atoms with Crippen LogP contribution in [0.1, 0.15) is 89.3 Å². The second kappa shape index (κ2) is 10.2. The Morgan fingerprint density at radius 1 is 0.973 bits per heavy atom. The molecule has 2 saturated carbocycles. The van der Waals surface area contributed by atoms with Gasteiger partial charge in [-0.15, -0.1) is 0 Å². The SMILES string of the molecule is CC(=NOCC(=O)O)c1nc2ccccc2n(C2C[C@H]3CCC[C@@H](C2)N3C2CC3CCCC(C3)C2)c1=O. The fourth-order valence-electron chi connectivity index (χ4n) is 8.12. The maximum Gasteiger partial charge on any atom is 0.344 e. The number of rotatable bonds is 6. The van der Waals surface area contributed by atoms with E-state index < -0.39 is 12.6 Å². The first kappa shape index (κ1) is 24.6. The van der Waals surface area contributed by atoms with Crippen LogP contribution in [0.3, 0.4) is 0 Å². The minimum atomic E-state index is -1.11. The Bertz CT molecular complexity index is 1230. The number of hydrogen-bond acceptors (Lipinski definition) is 6. The van der Waals surface area contributed by atoms with Crippen LogP contribution < -0.4 is 5.56 Å². The van der Waals surface area contributed by atoms with E-state index in [1.165, 1.54) is 57.8 Å². The van der Waals surface area contributed by atoms with E-state index in [2.05, 4.69) is 15.0 Å². The normalized spacial score (nSPS) is 32.3. The average molecular weight is 507 g/mol. The van der Waals surface area contributed by atoms with E-state index >= 15 is 0 Å². The second-order valence-corrected chi connectivity index (χ2v) is 11.8. The molecule has 0 spiro atoms. The molecule has 3 unspecified atom stereocenters. The van der Waals surface area contributed by atoms with Gasteiger partial charge >= 0.3 is 5.97 Å². The van der Waals surface area contributed by atoms with Crippen molar-refractivity contribution in [3.8, 4) is 0 Å². The number of para-hydroxylation sites is 2. The zero-order valence-electron chi connectivity index (χ0n) is 21.7. The van der Waals surface area contributed by atoms with Crippen molar-refractivity contribution in [2.24, 2.45) is 17.0 Å². The summed E-state index contributed by atoms with van der Waals surface area (Å²) in [5, 5.41) is 12.8. The van der Waals surface area contributed by atoms with Crippen LogP contribution in [-0.2, 0) is 9.63 Å². The summed E-state index contributed by atoms with van der Waals surface area (Å²) in [5.41, 5.74) is 1.98. The summed E-state index contributed by atoms with van der Waals surface area (Å²) in [4.78, 5) is 37.2. The number of carbonyl (C=O) groups is 1. The number of nitrogens with zero attached hydrogens (tertiary/aromatic N) is 4. The highest BCUT2D eigenvalue weighted by atomic mass is 16.6. The molecule has 2 saturated heterocycles. The molecule has 198 valence electrons. The smallest absolute Gasteiger partial charge is 0.344 e. The summed E-state index contributed by atoms with van der Waals surface area (Å²) in [5.74, 6) is 0.715. The third-order valence-corrected chi connectivity index (χ3v) is 9.42. The number of oxime groups is 1. The summed E-state index contributed by atoms with van der Waals surface area (Å²) >= 11 is 0. The quantitative estimate of drug-likeness (QED) is 0.449. The topological polar surface area (TPSA) is 97.0 Å². The molecular formula is C29H38N4O4. The van der Waals surface area contributed by atoms with Crippen LogP contribution in [0.5, 0.6) is 0 Å². The Kier molecular flexibility index (Phi) is 6.78. The number of carboxylic acid groups (broad SMARTS) is 1. The monoisotopic (exact) mass is 506 g/mol. The minimum absolute atomic E-state index is 0.113. The van der Waals surface area contributed by atoms with Crippen LogP contribution in [0.15, 0.2) is 34.2 Å². The summed E-state index contributed by atoms with van der Waals surface area (Å²) < 4.78 is 1.96. The fourth-order valence-corrected chi connectivity index (χ4v) is 8.12. The van der Waals surface area contributed by atoms with Crippen molar-refractivity contribution in [3.05, 3.63) is 40.3 Å². The lowest BCUT2D eigenvalue weighted by molar-refractivity contribution is -0.142. The van der Waals surface area contributed by atoms with Crippen molar-refractivity contribution in [1.29, 1.82) is 0 Å². The first-order valence-electron chi connectivity index (χ1n) is 14.2. The number of carboxylic acids is 1. The Morgan fingerprint density at radius 3 is 2.35 bits per heavy atom. The number of fused-ring (bicyclic) bond motifs is 5. The van der Waals surface area contributed by atoms with Gasteiger partial charge in [0, 0.05) is 24.2 Å². The fraction of sp³-hybridized carbons (Fsp3) is 0.655. The van der Waals surface area contributed by atoms with Gasteiger partial charge in [0.15, 0.2) is 5.69 Å². The molecule has 4 bridgehead atoms. The van der Waals surface area contributed by atoms with Crippen LogP contribution in [0.4, 0.5) is 0 Å². The molecule has 0 radical (unpaired) electrons. The van der Waals surface area contributed by atoms with Crippen LogP contribution in [0.25, 0.3) is 11.0 Å². The molecule has 8 nitrogen and oxygen atoms in total. The third kappa shape index (κ3) is 4.80. The van der Waals surface area contributed by atoms with Gasteiger partial charge in [-0.25, -0.2) is 9.78 Å². The van der Waals surface area contributed by atoms with E-state index in [9.17, 15) is 9.59 Å². The van der Waals surface area contributed by atoms with Crippen molar-refractivity contribution in [3.63, 3.8) is 0 Å². The van der Waals surface area contributed by atoms with Gasteiger partial charge in [0.05, 0.1) is 11.0 Å². The minimum Gasteiger partial charge on any atom is -0.479 e. The molecule has 5 atom stereocenters. The largest absolute Gasteiger partial charge is 0.479 e. The molecule has 4 fully saturated rings. The standard InChI is InChI=1S/C29H38N4O4/c1-18(31-37-17-27(34)35)28-29(36)33(26-11-3-2-10-25(26)30-28)24-15-21-8-5-9-22(16-24)32(21)23-13-19-6-4-7-20(12-19)14-23/h2-3,10-11,19-24H,4-9,12-17H2,1H3,(H,34,35)/t19?,20?,21-,22+,23?,24?. The molecule has 37 heavy (non-hydrogen) atoms. The van der Waals surface area contributed by atoms with E-state index in [0.29, 0.717) is 23.8 Å². The Hall–Kier alpha value is -2.74. The van der Waals surface area contributed by atoms with Crippen LogP contribution in [-0.4, -0.2) is 56.0 Å². The lowest BCUT2D eigenvalue weighted by atomic mass is 9.68. The molecule has 2 aliphatic heterocycles. The number of piperidine rings is 2. The number of aliphatic carboxylic acids is 1. The van der Waals surface area contributed by atoms with Gasteiger partial charge in [-0.1, -0.05) is 43.0 Å². The maximum atomic E-state index is 13.9.